The summed E-state index contributed by atoms with van der Waals surface area (Å²) >= 11 is 0. The zero-order valence-electron chi connectivity index (χ0n) is 14.3. The number of sulfonamides is 1. The third-order valence-electron chi connectivity index (χ3n) is 3.58. The maximum absolute atomic E-state index is 13.1. The van der Waals surface area contributed by atoms with Crippen LogP contribution in [0.1, 0.15) is 0 Å². The lowest BCUT2D eigenvalue weighted by Gasteiger charge is -2.24. The molecule has 0 fully saturated rings. The van der Waals surface area contributed by atoms with Gasteiger partial charge in [0.15, 0.2) is 0 Å². The molecule has 0 aliphatic rings. The number of benzene rings is 2. The largest absolute Gasteiger partial charge is 0.497 e. The molecule has 0 N–H and O–H groups in total. The smallest absolute Gasteiger partial charge is 0.271 e. The summed E-state index contributed by atoms with van der Waals surface area (Å²) in [6.07, 6.45) is 1.39. The summed E-state index contributed by atoms with van der Waals surface area (Å²) < 4.78 is 37.4. The Labute approximate surface area is 151 Å². The first-order chi connectivity index (χ1) is 12.3. The lowest BCUT2D eigenvalue weighted by atomic mass is 10.2. The van der Waals surface area contributed by atoms with Gasteiger partial charge in [-0.1, -0.05) is 6.08 Å². The molecule has 9 heteroatoms. The normalized spacial score (nSPS) is 10.8. The van der Waals surface area contributed by atoms with Crippen LogP contribution in [-0.4, -0.2) is 34.1 Å². The van der Waals surface area contributed by atoms with E-state index in [-0.39, 0.29) is 28.6 Å². The second-order valence-electron chi connectivity index (χ2n) is 5.11. The molecule has 26 heavy (non-hydrogen) atoms. The second-order valence-corrected chi connectivity index (χ2v) is 6.98. The van der Waals surface area contributed by atoms with Gasteiger partial charge in [0, 0.05) is 12.1 Å². The molecule has 0 saturated heterocycles. The Morgan fingerprint density at radius 2 is 1.81 bits per heavy atom. The van der Waals surface area contributed by atoms with Crippen molar-refractivity contribution in [1.82, 2.24) is 0 Å². The van der Waals surface area contributed by atoms with Crippen molar-refractivity contribution in [2.45, 2.75) is 4.90 Å². The van der Waals surface area contributed by atoms with Gasteiger partial charge in [-0.05, 0) is 30.3 Å². The highest BCUT2D eigenvalue weighted by molar-refractivity contribution is 7.92. The van der Waals surface area contributed by atoms with Crippen LogP contribution in [0.25, 0.3) is 0 Å². The number of nitro groups is 1. The fourth-order valence-electron chi connectivity index (χ4n) is 2.30. The van der Waals surface area contributed by atoms with E-state index in [0.717, 1.165) is 10.4 Å². The summed E-state index contributed by atoms with van der Waals surface area (Å²) in [6.45, 7) is 3.48. The van der Waals surface area contributed by atoms with Crippen molar-refractivity contribution in [2.75, 3.05) is 25.1 Å². The average Bonchev–Trinajstić information content (AvgIpc) is 2.65. The zero-order valence-corrected chi connectivity index (χ0v) is 15.1. The highest BCUT2D eigenvalue weighted by Crippen LogP contribution is 2.35. The molecule has 0 spiro atoms. The van der Waals surface area contributed by atoms with Crippen molar-refractivity contribution in [3.05, 3.63) is 65.2 Å². The van der Waals surface area contributed by atoms with E-state index in [9.17, 15) is 18.5 Å². The summed E-state index contributed by atoms with van der Waals surface area (Å²) in [5.41, 5.74) is -0.197. The monoisotopic (exact) mass is 378 g/mol. The van der Waals surface area contributed by atoms with Gasteiger partial charge in [0.2, 0.25) is 0 Å². The highest BCUT2D eigenvalue weighted by Gasteiger charge is 2.28. The van der Waals surface area contributed by atoms with Gasteiger partial charge in [0.25, 0.3) is 15.7 Å². The van der Waals surface area contributed by atoms with Crippen LogP contribution < -0.4 is 13.8 Å². The Kier molecular flexibility index (Phi) is 5.83. The van der Waals surface area contributed by atoms with Crippen LogP contribution >= 0.6 is 0 Å². The average molecular weight is 378 g/mol. The van der Waals surface area contributed by atoms with Crippen LogP contribution in [0.15, 0.2) is 60.0 Å². The molecule has 2 aromatic rings. The van der Waals surface area contributed by atoms with Gasteiger partial charge in [-0.25, -0.2) is 8.42 Å². The topological polar surface area (TPSA) is 99.0 Å². The van der Waals surface area contributed by atoms with Gasteiger partial charge < -0.3 is 9.47 Å². The molecule has 8 nitrogen and oxygen atoms in total. The molecule has 0 saturated carbocycles. The molecule has 0 radical (unpaired) electrons. The SMILES string of the molecule is C=CCN(c1cc([N+](=O)[O-])ccc1OC)S(=O)(=O)c1ccc(OC)cc1. The number of nitrogens with zero attached hydrogens (tertiary/aromatic N) is 2. The third kappa shape index (κ3) is 3.77. The molecular weight excluding hydrogens is 360 g/mol. The summed E-state index contributed by atoms with van der Waals surface area (Å²) in [4.78, 5) is 10.5. The lowest BCUT2D eigenvalue weighted by Crippen LogP contribution is -2.31. The first-order valence-corrected chi connectivity index (χ1v) is 8.89. The quantitative estimate of drug-likeness (QED) is 0.398. The first kappa shape index (κ1) is 19.3. The van der Waals surface area contributed by atoms with E-state index in [1.165, 1.54) is 56.7 Å². The van der Waals surface area contributed by atoms with Gasteiger partial charge in [0.05, 0.1) is 30.6 Å². The Bertz CT molecular complexity index is 909. The minimum absolute atomic E-state index is 0.00806. The van der Waals surface area contributed by atoms with E-state index in [1.807, 2.05) is 0 Å². The van der Waals surface area contributed by atoms with E-state index < -0.39 is 14.9 Å². The van der Waals surface area contributed by atoms with Crippen molar-refractivity contribution in [3.8, 4) is 11.5 Å². The number of rotatable bonds is 8. The summed E-state index contributed by atoms with van der Waals surface area (Å²) in [7, 11) is -1.18. The van der Waals surface area contributed by atoms with E-state index in [4.69, 9.17) is 9.47 Å². The highest BCUT2D eigenvalue weighted by atomic mass is 32.2. The molecular formula is C17H18N2O6S. The van der Waals surface area contributed by atoms with E-state index in [0.29, 0.717) is 5.75 Å². The van der Waals surface area contributed by atoms with Crippen LogP contribution in [0.5, 0.6) is 11.5 Å². The fraction of sp³-hybridized carbons (Fsp3) is 0.176. The summed E-state index contributed by atoms with van der Waals surface area (Å²) in [5, 5.41) is 11.1. The summed E-state index contributed by atoms with van der Waals surface area (Å²) in [5.74, 6) is 0.696. The van der Waals surface area contributed by atoms with Gasteiger partial charge in [-0.3, -0.25) is 14.4 Å². The summed E-state index contributed by atoms with van der Waals surface area (Å²) in [6, 6.07) is 9.58. The number of nitro benzene ring substituents is 1. The first-order valence-electron chi connectivity index (χ1n) is 7.45. The zero-order chi connectivity index (χ0) is 19.3. The number of ether oxygens (including phenoxy) is 2. The maximum atomic E-state index is 13.1. The molecule has 0 unspecified atom stereocenters. The molecule has 2 aromatic carbocycles. The van der Waals surface area contributed by atoms with Crippen molar-refractivity contribution in [2.24, 2.45) is 0 Å². The Morgan fingerprint density at radius 1 is 1.15 bits per heavy atom. The standard InChI is InChI=1S/C17H18N2O6S/c1-4-11-18(16-12-13(19(20)21)5-10-17(16)25-3)26(22,23)15-8-6-14(24-2)7-9-15/h4-10,12H,1,11H2,2-3H3. The van der Waals surface area contributed by atoms with Crippen LogP contribution in [0.3, 0.4) is 0 Å². The van der Waals surface area contributed by atoms with E-state index in [1.54, 1.807) is 0 Å². The Balaban J connectivity index is 2.62. The fourth-order valence-corrected chi connectivity index (χ4v) is 3.74. The molecule has 0 aliphatic carbocycles. The van der Waals surface area contributed by atoms with Crippen LogP contribution in [0.2, 0.25) is 0 Å². The lowest BCUT2D eigenvalue weighted by molar-refractivity contribution is -0.384. The van der Waals surface area contributed by atoms with Crippen molar-refractivity contribution >= 4 is 21.4 Å². The Hall–Kier alpha value is -3.07. The van der Waals surface area contributed by atoms with Gasteiger partial charge in [0.1, 0.15) is 17.2 Å². The molecule has 138 valence electrons. The maximum Gasteiger partial charge on any atom is 0.271 e. The Morgan fingerprint density at radius 3 is 2.31 bits per heavy atom. The molecule has 0 bridgehead atoms. The van der Waals surface area contributed by atoms with Crippen molar-refractivity contribution < 1.29 is 22.8 Å². The number of hydrogen-bond donors (Lipinski definition) is 0. The predicted octanol–water partition coefficient (Wildman–Crippen LogP) is 2.99. The molecule has 0 aromatic heterocycles. The number of non-ortho nitro benzene ring substituents is 1. The second kappa shape index (κ2) is 7.87. The van der Waals surface area contributed by atoms with E-state index >= 15 is 0 Å². The molecule has 2 rings (SSSR count). The molecule has 0 atom stereocenters. The predicted molar refractivity (Wildman–Crippen MR) is 97.4 cm³/mol. The van der Waals surface area contributed by atoms with Gasteiger partial charge in [-0.15, -0.1) is 6.58 Å². The van der Waals surface area contributed by atoms with Crippen LogP contribution in [-0.2, 0) is 10.0 Å². The minimum atomic E-state index is -4.01. The van der Waals surface area contributed by atoms with Crippen LogP contribution in [0, 0.1) is 10.1 Å². The molecule has 0 heterocycles. The molecule has 0 aliphatic heterocycles. The van der Waals surface area contributed by atoms with Crippen molar-refractivity contribution in [1.29, 1.82) is 0 Å². The third-order valence-corrected chi connectivity index (χ3v) is 5.38. The van der Waals surface area contributed by atoms with Gasteiger partial charge >= 0.3 is 0 Å². The number of hydrogen-bond acceptors (Lipinski definition) is 6. The minimum Gasteiger partial charge on any atom is -0.497 e. The van der Waals surface area contributed by atoms with Crippen molar-refractivity contribution in [3.63, 3.8) is 0 Å². The van der Waals surface area contributed by atoms with Crippen LogP contribution in [0.4, 0.5) is 11.4 Å². The number of anilines is 1. The van der Waals surface area contributed by atoms with Gasteiger partial charge in [-0.2, -0.15) is 0 Å². The van der Waals surface area contributed by atoms with E-state index in [2.05, 4.69) is 6.58 Å². The molecule has 0 amide bonds. The number of methoxy groups -OCH3 is 2.